The summed E-state index contributed by atoms with van der Waals surface area (Å²) >= 11 is 0. The molecule has 0 radical (unpaired) electrons. The van der Waals surface area contributed by atoms with Crippen molar-refractivity contribution in [2.24, 2.45) is 23.7 Å². The third-order valence-electron chi connectivity index (χ3n) is 14.9. The van der Waals surface area contributed by atoms with Gasteiger partial charge in [-0.2, -0.15) is 0 Å². The first-order chi connectivity index (χ1) is 29.7. The molecule has 0 saturated heterocycles. The highest BCUT2D eigenvalue weighted by Crippen LogP contribution is 2.70. The van der Waals surface area contributed by atoms with E-state index in [1.807, 2.05) is 18.2 Å². The van der Waals surface area contributed by atoms with Crippen LogP contribution in [0.15, 0.2) is 176 Å². The molecular formula is C57H43N3. The highest BCUT2D eigenvalue weighted by molar-refractivity contribution is 6.08. The van der Waals surface area contributed by atoms with Crippen LogP contribution in [-0.2, 0) is 5.41 Å². The van der Waals surface area contributed by atoms with Crippen molar-refractivity contribution >= 4 is 21.5 Å². The molecule has 4 saturated carbocycles. The smallest absolute Gasteiger partial charge is 0.164 e. The molecule has 14 rings (SSSR count). The lowest BCUT2D eigenvalue weighted by molar-refractivity contribution is -0.0393. The Morgan fingerprint density at radius 1 is 0.350 bits per heavy atom. The second-order valence-electron chi connectivity index (χ2n) is 17.9. The molecule has 3 heteroatoms. The van der Waals surface area contributed by atoms with E-state index in [4.69, 9.17) is 15.0 Å². The Morgan fingerprint density at radius 3 is 1.63 bits per heavy atom. The normalized spacial score (nSPS) is 22.1. The van der Waals surface area contributed by atoms with Crippen LogP contribution >= 0.6 is 0 Å². The summed E-state index contributed by atoms with van der Waals surface area (Å²) in [4.78, 5) is 15.6. The van der Waals surface area contributed by atoms with Crippen LogP contribution in [0, 0.1) is 23.7 Å². The maximum absolute atomic E-state index is 5.29. The Bertz CT molecular complexity index is 3150. The van der Waals surface area contributed by atoms with Crippen molar-refractivity contribution in [1.29, 1.82) is 0 Å². The van der Waals surface area contributed by atoms with Gasteiger partial charge in [-0.05, 0) is 128 Å². The largest absolute Gasteiger partial charge is 0.208 e. The van der Waals surface area contributed by atoms with E-state index in [2.05, 4.69) is 158 Å². The average molecular weight is 770 g/mol. The number of rotatable bonds is 5. The molecule has 1 heterocycles. The third kappa shape index (κ3) is 4.99. The van der Waals surface area contributed by atoms with Gasteiger partial charge in [-0.15, -0.1) is 0 Å². The maximum Gasteiger partial charge on any atom is 0.164 e. The highest BCUT2D eigenvalue weighted by atomic mass is 15.0. The van der Waals surface area contributed by atoms with E-state index in [9.17, 15) is 0 Å². The van der Waals surface area contributed by atoms with E-state index >= 15 is 0 Å². The van der Waals surface area contributed by atoms with E-state index in [1.54, 1.807) is 11.1 Å². The number of benzene rings is 8. The molecule has 1 aromatic heterocycles. The molecule has 0 N–H and O–H groups in total. The van der Waals surface area contributed by atoms with E-state index in [-0.39, 0.29) is 5.41 Å². The summed E-state index contributed by atoms with van der Waals surface area (Å²) < 4.78 is 0. The van der Waals surface area contributed by atoms with Crippen LogP contribution in [0.2, 0.25) is 0 Å². The molecule has 60 heavy (non-hydrogen) atoms. The van der Waals surface area contributed by atoms with Gasteiger partial charge in [-0.1, -0.05) is 170 Å². The number of fused-ring (bicyclic) bond motifs is 6. The first kappa shape index (κ1) is 34.2. The van der Waals surface area contributed by atoms with Crippen molar-refractivity contribution in [3.63, 3.8) is 0 Å². The minimum absolute atomic E-state index is 0.0553. The SMILES string of the molecule is c1ccc(-c2nc(-c3ccc4ccccc4c3)nc(-c3ccccc3-c3ccccc3-c3cccc4ccc5c(c34)C3(c4ccccc4-5)C4CC5CC(C4)CC3C5)n2)cc1. The predicted octanol–water partition coefficient (Wildman–Crippen LogP) is 14.2. The summed E-state index contributed by atoms with van der Waals surface area (Å²) in [6.45, 7) is 0. The number of hydrogen-bond donors (Lipinski definition) is 0. The number of aromatic nitrogens is 3. The third-order valence-corrected chi connectivity index (χ3v) is 14.9. The zero-order valence-electron chi connectivity index (χ0n) is 33.4. The summed E-state index contributed by atoms with van der Waals surface area (Å²) in [5, 5.41) is 5.12. The lowest BCUT2D eigenvalue weighted by atomic mass is 9.43. The fourth-order valence-electron chi connectivity index (χ4n) is 12.8. The van der Waals surface area contributed by atoms with Crippen LogP contribution in [0.3, 0.4) is 0 Å². The van der Waals surface area contributed by atoms with E-state index in [1.165, 1.54) is 76.1 Å². The molecular weight excluding hydrogens is 727 g/mol. The van der Waals surface area contributed by atoms with Gasteiger partial charge in [0.05, 0.1) is 0 Å². The van der Waals surface area contributed by atoms with Crippen LogP contribution in [0.5, 0.6) is 0 Å². The zero-order valence-corrected chi connectivity index (χ0v) is 33.4. The Balaban J connectivity index is 1.03. The topological polar surface area (TPSA) is 38.7 Å². The van der Waals surface area contributed by atoms with Crippen LogP contribution in [0.4, 0.5) is 0 Å². The predicted molar refractivity (Wildman–Crippen MR) is 245 cm³/mol. The summed E-state index contributed by atoms with van der Waals surface area (Å²) in [5.41, 5.74) is 13.9. The molecule has 4 fully saturated rings. The molecule has 286 valence electrons. The maximum atomic E-state index is 5.29. The standard InChI is InChI=1S/C57H43N3/c1-2-14-39(15-3-1)54-58-55(41-26-25-37-13-4-5-16-40(37)34-41)60-56(59-54)50-22-9-8-20-46(50)44-18-6-7-19-45(44)48-23-12-17-38-27-28-49-47-21-10-11-24-51(47)57(53(49)52(38)48)42-30-35-29-36(32-42)33-43(57)31-35/h1-28,34-36,42-43H,29-33H2. The van der Waals surface area contributed by atoms with Gasteiger partial charge in [0.25, 0.3) is 0 Å². The number of nitrogens with zero attached hydrogens (tertiary/aromatic N) is 3. The quantitative estimate of drug-likeness (QED) is 0.175. The molecule has 9 aromatic rings. The molecule has 5 aliphatic carbocycles. The molecule has 0 unspecified atom stereocenters. The van der Waals surface area contributed by atoms with Gasteiger partial charge in [0.2, 0.25) is 0 Å². The summed E-state index contributed by atoms with van der Waals surface area (Å²) in [7, 11) is 0. The van der Waals surface area contributed by atoms with E-state index < -0.39 is 0 Å². The minimum Gasteiger partial charge on any atom is -0.208 e. The van der Waals surface area contributed by atoms with E-state index in [0.717, 1.165) is 39.5 Å². The molecule has 0 atom stereocenters. The summed E-state index contributed by atoms with van der Waals surface area (Å²) in [5.74, 6) is 5.14. The average Bonchev–Trinajstić information content (AvgIpc) is 3.61. The van der Waals surface area contributed by atoms with Gasteiger partial charge in [-0.25, -0.2) is 15.0 Å². The fraction of sp³-hybridized carbons (Fsp3) is 0.175. The van der Waals surface area contributed by atoms with Crippen LogP contribution in [-0.4, -0.2) is 15.0 Å². The van der Waals surface area contributed by atoms with Crippen LogP contribution in [0.25, 0.3) is 89.1 Å². The van der Waals surface area contributed by atoms with Crippen molar-refractivity contribution in [1.82, 2.24) is 15.0 Å². The van der Waals surface area contributed by atoms with Gasteiger partial charge in [-0.3, -0.25) is 0 Å². The molecule has 8 aromatic carbocycles. The van der Waals surface area contributed by atoms with Crippen molar-refractivity contribution in [2.45, 2.75) is 37.5 Å². The zero-order chi connectivity index (χ0) is 39.4. The molecule has 5 aliphatic rings. The fourth-order valence-corrected chi connectivity index (χ4v) is 12.8. The van der Waals surface area contributed by atoms with Crippen molar-refractivity contribution in [2.75, 3.05) is 0 Å². The Labute approximate surface area is 350 Å². The molecule has 1 spiro atoms. The Kier molecular flexibility index (Phi) is 7.49. The van der Waals surface area contributed by atoms with Crippen molar-refractivity contribution in [3.05, 3.63) is 187 Å². The molecule has 0 amide bonds. The second kappa shape index (κ2) is 13.1. The van der Waals surface area contributed by atoms with Crippen molar-refractivity contribution < 1.29 is 0 Å². The van der Waals surface area contributed by atoms with Gasteiger partial charge in [0.15, 0.2) is 17.5 Å². The Morgan fingerprint density at radius 2 is 0.883 bits per heavy atom. The monoisotopic (exact) mass is 769 g/mol. The molecule has 0 aliphatic heterocycles. The lowest BCUT2D eigenvalue weighted by Gasteiger charge is -2.61. The van der Waals surface area contributed by atoms with Crippen LogP contribution < -0.4 is 0 Å². The molecule has 4 bridgehead atoms. The molecule has 3 nitrogen and oxygen atoms in total. The number of hydrogen-bond acceptors (Lipinski definition) is 3. The lowest BCUT2D eigenvalue weighted by Crippen LogP contribution is -2.55. The summed E-state index contributed by atoms with van der Waals surface area (Å²) in [6, 6.07) is 64.3. The van der Waals surface area contributed by atoms with Gasteiger partial charge in [0, 0.05) is 22.1 Å². The first-order valence-corrected chi connectivity index (χ1v) is 21.9. The highest BCUT2D eigenvalue weighted by Gasteiger charge is 2.62. The second-order valence-corrected chi connectivity index (χ2v) is 17.9. The summed E-state index contributed by atoms with van der Waals surface area (Å²) in [6.07, 6.45) is 6.90. The Hall–Kier alpha value is -6.71. The van der Waals surface area contributed by atoms with E-state index in [0.29, 0.717) is 29.3 Å². The van der Waals surface area contributed by atoms with Gasteiger partial charge < -0.3 is 0 Å². The van der Waals surface area contributed by atoms with Gasteiger partial charge >= 0.3 is 0 Å². The van der Waals surface area contributed by atoms with Crippen molar-refractivity contribution in [3.8, 4) is 67.5 Å². The van der Waals surface area contributed by atoms with Crippen LogP contribution in [0.1, 0.15) is 43.2 Å². The first-order valence-electron chi connectivity index (χ1n) is 21.9. The van der Waals surface area contributed by atoms with Gasteiger partial charge in [0.1, 0.15) is 0 Å². The minimum atomic E-state index is 0.0553.